The maximum absolute atomic E-state index is 14.1. The maximum atomic E-state index is 14.1. The highest BCUT2D eigenvalue weighted by atomic mass is 19.4. The van der Waals surface area contributed by atoms with Crippen molar-refractivity contribution in [3.05, 3.63) is 29.3 Å². The van der Waals surface area contributed by atoms with Gasteiger partial charge in [-0.1, -0.05) is 0 Å². The molecule has 2 fully saturated rings. The van der Waals surface area contributed by atoms with Crippen LogP contribution in [0.25, 0.3) is 0 Å². The highest BCUT2D eigenvalue weighted by molar-refractivity contribution is 5.99. The molecule has 1 saturated heterocycles. The van der Waals surface area contributed by atoms with Crippen LogP contribution in [0.4, 0.5) is 22.0 Å². The molecular formula is C20H24F5NO2. The first kappa shape index (κ1) is 21.0. The summed E-state index contributed by atoms with van der Waals surface area (Å²) in [5, 5.41) is 0. The van der Waals surface area contributed by atoms with Gasteiger partial charge in [-0.2, -0.15) is 13.2 Å². The normalized spacial score (nSPS) is 19.0. The third kappa shape index (κ3) is 5.90. The molecule has 0 aromatic heterocycles. The van der Waals surface area contributed by atoms with Crippen LogP contribution in [0.1, 0.15) is 48.9 Å². The summed E-state index contributed by atoms with van der Waals surface area (Å²) in [5.74, 6) is -2.17. The average molecular weight is 405 g/mol. The zero-order chi connectivity index (χ0) is 20.3. The molecule has 1 aromatic rings. The van der Waals surface area contributed by atoms with Gasteiger partial charge in [-0.05, 0) is 57.5 Å². The summed E-state index contributed by atoms with van der Waals surface area (Å²) in [6.07, 6.45) is 0.0356. The van der Waals surface area contributed by atoms with Crippen molar-refractivity contribution >= 4 is 5.78 Å². The van der Waals surface area contributed by atoms with Gasteiger partial charge in [-0.25, -0.2) is 8.78 Å². The summed E-state index contributed by atoms with van der Waals surface area (Å²) in [6, 6.07) is 2.07. The molecule has 3 rings (SSSR count). The van der Waals surface area contributed by atoms with E-state index in [1.165, 1.54) is 4.90 Å². The van der Waals surface area contributed by atoms with E-state index in [2.05, 4.69) is 0 Å². The van der Waals surface area contributed by atoms with Crippen molar-refractivity contribution in [2.24, 2.45) is 11.8 Å². The average Bonchev–Trinajstić information content (AvgIpc) is 3.43. The number of alkyl halides is 3. The maximum Gasteiger partial charge on any atom is 0.401 e. The Morgan fingerprint density at radius 1 is 1.07 bits per heavy atom. The van der Waals surface area contributed by atoms with Gasteiger partial charge in [0.15, 0.2) is 5.78 Å². The number of ketones is 1. The van der Waals surface area contributed by atoms with Gasteiger partial charge >= 0.3 is 6.18 Å². The number of rotatable bonds is 8. The fourth-order valence-corrected chi connectivity index (χ4v) is 3.67. The Kier molecular flexibility index (Phi) is 6.58. The number of halogens is 5. The van der Waals surface area contributed by atoms with E-state index < -0.39 is 35.7 Å². The van der Waals surface area contributed by atoms with Gasteiger partial charge in [0.25, 0.3) is 0 Å². The molecule has 0 bridgehead atoms. The molecule has 0 N–H and O–H groups in total. The van der Waals surface area contributed by atoms with Crippen molar-refractivity contribution in [1.82, 2.24) is 4.90 Å². The van der Waals surface area contributed by atoms with Gasteiger partial charge in [0.1, 0.15) is 17.4 Å². The lowest BCUT2D eigenvalue weighted by Crippen LogP contribution is -2.40. The molecule has 0 amide bonds. The lowest BCUT2D eigenvalue weighted by Gasteiger charge is -2.32. The van der Waals surface area contributed by atoms with E-state index >= 15 is 0 Å². The van der Waals surface area contributed by atoms with Crippen LogP contribution < -0.4 is 4.74 Å². The summed E-state index contributed by atoms with van der Waals surface area (Å²) < 4.78 is 70.7. The predicted molar refractivity (Wildman–Crippen MR) is 93.4 cm³/mol. The number of Topliss-reactive ketones (excluding diaryl/α,β-unsaturated/α-hetero) is 1. The van der Waals surface area contributed by atoms with Crippen LogP contribution in [0.2, 0.25) is 0 Å². The molecule has 3 nitrogen and oxygen atoms in total. The lowest BCUT2D eigenvalue weighted by atomic mass is 9.92. The highest BCUT2D eigenvalue weighted by Crippen LogP contribution is 2.35. The Balaban J connectivity index is 1.39. The minimum Gasteiger partial charge on any atom is -0.493 e. The summed E-state index contributed by atoms with van der Waals surface area (Å²) in [5.41, 5.74) is -0.486. The van der Waals surface area contributed by atoms with Gasteiger partial charge in [-0.3, -0.25) is 9.69 Å². The zero-order valence-electron chi connectivity index (χ0n) is 15.5. The third-order valence-corrected chi connectivity index (χ3v) is 5.35. The molecule has 1 aliphatic heterocycles. The van der Waals surface area contributed by atoms with Crippen LogP contribution in [0, 0.1) is 23.5 Å². The number of carbonyl (C=O) groups is 1. The molecule has 2 aliphatic rings. The molecule has 1 aromatic carbocycles. The van der Waals surface area contributed by atoms with Crippen LogP contribution in [-0.4, -0.2) is 43.1 Å². The number of piperidine rings is 1. The van der Waals surface area contributed by atoms with E-state index in [9.17, 15) is 26.7 Å². The largest absolute Gasteiger partial charge is 0.493 e. The predicted octanol–water partition coefficient (Wildman–Crippen LogP) is 4.99. The van der Waals surface area contributed by atoms with Crippen LogP contribution >= 0.6 is 0 Å². The molecule has 1 aliphatic carbocycles. The minimum atomic E-state index is -4.16. The summed E-state index contributed by atoms with van der Waals surface area (Å²) in [4.78, 5) is 13.3. The first-order valence-electron chi connectivity index (χ1n) is 9.68. The Hall–Kier alpha value is -1.70. The van der Waals surface area contributed by atoms with E-state index in [0.717, 1.165) is 18.6 Å². The van der Waals surface area contributed by atoms with Crippen LogP contribution in [0.5, 0.6) is 5.75 Å². The van der Waals surface area contributed by atoms with Crippen LogP contribution in [0.3, 0.4) is 0 Å². The van der Waals surface area contributed by atoms with E-state index in [0.29, 0.717) is 51.1 Å². The monoisotopic (exact) mass is 405 g/mol. The number of hydrogen-bond donors (Lipinski definition) is 0. The number of hydrogen-bond acceptors (Lipinski definition) is 3. The third-order valence-electron chi connectivity index (χ3n) is 5.35. The molecule has 28 heavy (non-hydrogen) atoms. The minimum absolute atomic E-state index is 0.0438. The van der Waals surface area contributed by atoms with Gasteiger partial charge in [-0.15, -0.1) is 0 Å². The number of carbonyl (C=O) groups excluding carboxylic acids is 1. The van der Waals surface area contributed by atoms with Gasteiger partial charge in [0.05, 0.1) is 18.7 Å². The summed E-state index contributed by atoms with van der Waals surface area (Å²) in [7, 11) is 0. The Bertz CT molecular complexity index is 671. The fourth-order valence-electron chi connectivity index (χ4n) is 3.67. The van der Waals surface area contributed by atoms with Crippen LogP contribution in [0.15, 0.2) is 12.1 Å². The van der Waals surface area contributed by atoms with Crippen molar-refractivity contribution in [1.29, 1.82) is 0 Å². The van der Waals surface area contributed by atoms with Crippen molar-refractivity contribution in [3.8, 4) is 5.75 Å². The van der Waals surface area contributed by atoms with Crippen molar-refractivity contribution in [3.63, 3.8) is 0 Å². The zero-order valence-corrected chi connectivity index (χ0v) is 15.5. The van der Waals surface area contributed by atoms with E-state index in [-0.39, 0.29) is 18.3 Å². The molecule has 1 heterocycles. The molecule has 8 heteroatoms. The molecular weight excluding hydrogens is 381 g/mol. The molecule has 1 saturated carbocycles. The standard InChI is InChI=1S/C20H24F5NO2/c21-16-10-15(11-17(22)18(16)19(27)14-3-4-14)28-9-1-2-13-5-7-26(8-6-13)12-20(23,24)25/h10-11,13-14H,1-9,12H2. The van der Waals surface area contributed by atoms with E-state index in [4.69, 9.17) is 4.74 Å². The summed E-state index contributed by atoms with van der Waals surface area (Å²) in [6.45, 7) is 0.257. The SMILES string of the molecule is O=C(c1c(F)cc(OCCCC2CCN(CC(F)(F)F)CC2)cc1F)C1CC1. The van der Waals surface area contributed by atoms with Crippen molar-refractivity contribution < 1.29 is 31.5 Å². The number of ether oxygens (including phenoxy) is 1. The second kappa shape index (κ2) is 8.76. The van der Waals surface area contributed by atoms with Gasteiger partial charge in [0, 0.05) is 18.1 Å². The smallest absolute Gasteiger partial charge is 0.401 e. The highest BCUT2D eigenvalue weighted by Gasteiger charge is 2.34. The van der Waals surface area contributed by atoms with Gasteiger partial charge in [0.2, 0.25) is 0 Å². The second-order valence-corrected chi connectivity index (χ2v) is 7.73. The molecule has 156 valence electrons. The van der Waals surface area contributed by atoms with E-state index in [1.54, 1.807) is 0 Å². The molecule has 0 atom stereocenters. The fraction of sp³-hybridized carbons (Fsp3) is 0.650. The second-order valence-electron chi connectivity index (χ2n) is 7.73. The Labute approximate surface area is 160 Å². The number of nitrogens with zero attached hydrogens (tertiary/aromatic N) is 1. The Morgan fingerprint density at radius 3 is 2.21 bits per heavy atom. The van der Waals surface area contributed by atoms with Crippen molar-refractivity contribution in [2.45, 2.75) is 44.7 Å². The topological polar surface area (TPSA) is 29.5 Å². The van der Waals surface area contributed by atoms with Crippen LogP contribution in [-0.2, 0) is 0 Å². The number of likely N-dealkylation sites (tertiary alicyclic amines) is 1. The first-order chi connectivity index (χ1) is 13.2. The molecule has 0 unspecified atom stereocenters. The molecule has 0 radical (unpaired) electrons. The lowest BCUT2D eigenvalue weighted by molar-refractivity contribution is -0.148. The van der Waals surface area contributed by atoms with Gasteiger partial charge < -0.3 is 4.74 Å². The number of benzene rings is 1. The Morgan fingerprint density at radius 2 is 1.68 bits per heavy atom. The summed E-state index contributed by atoms with van der Waals surface area (Å²) >= 11 is 0. The molecule has 0 spiro atoms. The van der Waals surface area contributed by atoms with E-state index in [1.807, 2.05) is 0 Å². The van der Waals surface area contributed by atoms with Crippen molar-refractivity contribution in [2.75, 3.05) is 26.2 Å². The quantitative estimate of drug-likeness (QED) is 0.347. The first-order valence-corrected chi connectivity index (χ1v) is 9.68.